The van der Waals surface area contributed by atoms with Crippen LogP contribution in [-0.2, 0) is 9.59 Å². The third-order valence-corrected chi connectivity index (χ3v) is 1.23. The van der Waals surface area contributed by atoms with E-state index >= 15 is 0 Å². The van der Waals surface area contributed by atoms with Crippen LogP contribution in [0.15, 0.2) is 0 Å². The molecule has 1 atom stereocenters. The molecule has 12 heavy (non-hydrogen) atoms. The number of carboxylic acids is 1. The summed E-state index contributed by atoms with van der Waals surface area (Å²) in [5.41, 5.74) is 11.4. The quantitative estimate of drug-likeness (QED) is 0.281. The van der Waals surface area contributed by atoms with E-state index in [9.17, 15) is 9.59 Å². The zero-order valence-electron chi connectivity index (χ0n) is 6.36. The van der Waals surface area contributed by atoms with E-state index in [1.165, 1.54) is 0 Å². The number of carbonyl (C=O) groups is 2. The SMILES string of the molecule is N=[N+]=CC(=O)CC[C@H](N)C(=O)O. The Morgan fingerprint density at radius 3 is 2.67 bits per heavy atom. The molecular weight excluding hydrogens is 162 g/mol. The Bertz CT molecular complexity index is 232. The van der Waals surface area contributed by atoms with Gasteiger partial charge in [0.05, 0.1) is 10.3 Å². The molecule has 0 fully saturated rings. The molecule has 4 N–H and O–H groups in total. The van der Waals surface area contributed by atoms with Gasteiger partial charge in [0.25, 0.3) is 0 Å². The van der Waals surface area contributed by atoms with E-state index in [0.29, 0.717) is 0 Å². The molecular formula is C6H10N3O3+. The van der Waals surface area contributed by atoms with E-state index in [1.54, 1.807) is 0 Å². The molecule has 0 rings (SSSR count). The molecule has 0 bridgehead atoms. The Hall–Kier alpha value is -1.52. The van der Waals surface area contributed by atoms with Gasteiger partial charge in [0.15, 0.2) is 0 Å². The number of rotatable bonds is 5. The summed E-state index contributed by atoms with van der Waals surface area (Å²) in [6.45, 7) is 0. The Kier molecular flexibility index (Phi) is 4.52. The molecule has 6 nitrogen and oxygen atoms in total. The topological polar surface area (TPSA) is 118 Å². The molecule has 0 aromatic heterocycles. The van der Waals surface area contributed by atoms with E-state index in [2.05, 4.69) is 4.79 Å². The van der Waals surface area contributed by atoms with Gasteiger partial charge in [0.1, 0.15) is 6.04 Å². The van der Waals surface area contributed by atoms with E-state index in [1.807, 2.05) is 0 Å². The lowest BCUT2D eigenvalue weighted by atomic mass is 10.1. The van der Waals surface area contributed by atoms with Crippen LogP contribution < -0.4 is 5.73 Å². The van der Waals surface area contributed by atoms with Crippen LogP contribution in [0.2, 0.25) is 0 Å². The summed E-state index contributed by atoms with van der Waals surface area (Å²) < 4.78 is 0. The van der Waals surface area contributed by atoms with Gasteiger partial charge < -0.3 is 10.8 Å². The van der Waals surface area contributed by atoms with Crippen LogP contribution >= 0.6 is 0 Å². The fourth-order valence-corrected chi connectivity index (χ4v) is 0.558. The summed E-state index contributed by atoms with van der Waals surface area (Å²) in [5.74, 6) is -1.52. The number of nitrogens with two attached hydrogens (primary N) is 1. The van der Waals surface area contributed by atoms with Crippen molar-refractivity contribution in [3.05, 3.63) is 0 Å². The van der Waals surface area contributed by atoms with Crippen molar-refractivity contribution in [1.29, 1.82) is 5.53 Å². The highest BCUT2D eigenvalue weighted by atomic mass is 16.4. The lowest BCUT2D eigenvalue weighted by Crippen LogP contribution is -2.30. The van der Waals surface area contributed by atoms with E-state index in [4.69, 9.17) is 16.4 Å². The van der Waals surface area contributed by atoms with Gasteiger partial charge in [0, 0.05) is 6.42 Å². The Morgan fingerprint density at radius 2 is 2.25 bits per heavy atom. The highest BCUT2D eigenvalue weighted by Crippen LogP contribution is 1.94. The molecule has 0 aromatic rings. The maximum Gasteiger partial charge on any atom is 0.372 e. The van der Waals surface area contributed by atoms with Crippen LogP contribution in [0.25, 0.3) is 0 Å². The first-order valence-corrected chi connectivity index (χ1v) is 3.29. The van der Waals surface area contributed by atoms with Gasteiger partial charge >= 0.3 is 12.2 Å². The molecule has 0 saturated heterocycles. The maximum atomic E-state index is 10.7. The molecule has 0 aliphatic carbocycles. The first-order valence-electron chi connectivity index (χ1n) is 3.29. The van der Waals surface area contributed by atoms with E-state index in [-0.39, 0.29) is 18.6 Å². The summed E-state index contributed by atoms with van der Waals surface area (Å²) in [6.07, 6.45) is 0.907. The molecule has 0 aromatic carbocycles. The number of aliphatic carboxylic acids is 1. The highest BCUT2D eigenvalue weighted by Gasteiger charge is 2.14. The van der Waals surface area contributed by atoms with Gasteiger partial charge in [-0.05, 0) is 6.42 Å². The zero-order valence-corrected chi connectivity index (χ0v) is 6.36. The van der Waals surface area contributed by atoms with E-state index < -0.39 is 12.0 Å². The summed E-state index contributed by atoms with van der Waals surface area (Å²) in [5, 5.41) is 8.32. The monoisotopic (exact) mass is 172 g/mol. The largest absolute Gasteiger partial charge is 0.480 e. The maximum absolute atomic E-state index is 10.7. The van der Waals surface area contributed by atoms with Gasteiger partial charge in [-0.3, -0.25) is 9.59 Å². The minimum absolute atomic E-state index is 0.00977. The fourth-order valence-electron chi connectivity index (χ4n) is 0.558. The van der Waals surface area contributed by atoms with Gasteiger partial charge in [-0.1, -0.05) is 0 Å². The van der Waals surface area contributed by atoms with Crippen molar-refractivity contribution in [3.63, 3.8) is 0 Å². The Balaban J connectivity index is 3.75. The van der Waals surface area contributed by atoms with Crippen molar-refractivity contribution in [2.24, 2.45) is 5.73 Å². The molecule has 0 amide bonds. The average molecular weight is 172 g/mol. The van der Waals surface area contributed by atoms with Crippen molar-refractivity contribution in [3.8, 4) is 0 Å². The number of nitrogens with one attached hydrogen (secondary N) is 1. The number of carboxylic acid groups (broad SMARTS) is 1. The Labute approximate surface area is 68.6 Å². The fraction of sp³-hybridized carbons (Fsp3) is 0.500. The molecule has 0 saturated carbocycles. The molecule has 0 spiro atoms. The average Bonchev–Trinajstić information content (AvgIpc) is 2.00. The normalized spacial score (nSPS) is 11.4. The molecule has 0 aliphatic rings. The van der Waals surface area contributed by atoms with Crippen LogP contribution in [0.4, 0.5) is 0 Å². The first kappa shape index (κ1) is 10.5. The Morgan fingerprint density at radius 1 is 1.67 bits per heavy atom. The number of Topliss-reactive ketones (excluding diaryl/α,β-unsaturated/α-hetero) is 1. The standard InChI is InChI=1S/C6H9N3O3/c7-5(6(11)12)2-1-4(10)3-9-8/h3,5,8H,1-2,7H2/p+1/t5-/m0/s1. The highest BCUT2D eigenvalue weighted by molar-refractivity contribution is 6.25. The van der Waals surface area contributed by atoms with Gasteiger partial charge in [0.2, 0.25) is 5.78 Å². The molecule has 6 heteroatoms. The molecule has 66 valence electrons. The lowest BCUT2D eigenvalue weighted by molar-refractivity contribution is -0.139. The second-order valence-electron chi connectivity index (χ2n) is 2.21. The first-order chi connectivity index (χ1) is 5.57. The van der Waals surface area contributed by atoms with Crippen LogP contribution in [0.3, 0.4) is 0 Å². The van der Waals surface area contributed by atoms with Crippen LogP contribution in [0.5, 0.6) is 0 Å². The lowest BCUT2D eigenvalue weighted by Gasteiger charge is -2.01. The minimum Gasteiger partial charge on any atom is -0.480 e. The molecule has 0 aliphatic heterocycles. The van der Waals surface area contributed by atoms with Gasteiger partial charge in [-0.25, -0.2) is 0 Å². The van der Waals surface area contributed by atoms with Crippen molar-refractivity contribution in [1.82, 2.24) is 0 Å². The van der Waals surface area contributed by atoms with Crippen LogP contribution in [0, 0.1) is 5.53 Å². The van der Waals surface area contributed by atoms with Crippen LogP contribution in [-0.4, -0.2) is 33.9 Å². The third kappa shape index (κ3) is 4.32. The number of hydrogen-bond acceptors (Lipinski definition) is 4. The van der Waals surface area contributed by atoms with Crippen LogP contribution in [0.1, 0.15) is 12.8 Å². The molecule has 0 unspecified atom stereocenters. The predicted molar refractivity (Wildman–Crippen MR) is 38.9 cm³/mol. The number of nitrogens with zero attached hydrogens (tertiary/aromatic N) is 1. The third-order valence-electron chi connectivity index (χ3n) is 1.23. The smallest absolute Gasteiger partial charge is 0.372 e. The number of carbonyl (C=O) groups excluding carboxylic acids is 1. The zero-order chi connectivity index (χ0) is 9.56. The summed E-state index contributed by atoms with van der Waals surface area (Å²) >= 11 is 0. The van der Waals surface area contributed by atoms with E-state index in [0.717, 1.165) is 6.21 Å². The number of hydrogen-bond donors (Lipinski definition) is 3. The number of ketones is 1. The second kappa shape index (κ2) is 5.17. The van der Waals surface area contributed by atoms with Gasteiger partial charge in [-0.2, -0.15) is 0 Å². The summed E-state index contributed by atoms with van der Waals surface area (Å²) in [6, 6.07) is -1.02. The predicted octanol–water partition coefficient (Wildman–Crippen LogP) is -0.942. The molecule has 0 heterocycles. The van der Waals surface area contributed by atoms with Gasteiger partial charge in [-0.15, -0.1) is 0 Å². The minimum atomic E-state index is -1.13. The summed E-state index contributed by atoms with van der Waals surface area (Å²) in [7, 11) is 0. The second-order valence-corrected chi connectivity index (χ2v) is 2.21. The van der Waals surface area contributed by atoms with Crippen molar-refractivity contribution >= 4 is 18.0 Å². The van der Waals surface area contributed by atoms with Crippen molar-refractivity contribution in [2.45, 2.75) is 18.9 Å². The van der Waals surface area contributed by atoms with Crippen molar-refractivity contribution in [2.75, 3.05) is 0 Å². The summed E-state index contributed by atoms with van der Waals surface area (Å²) in [4.78, 5) is 23.6. The molecule has 0 radical (unpaired) electrons. The van der Waals surface area contributed by atoms with Crippen molar-refractivity contribution < 1.29 is 19.5 Å².